The molecule has 2 aliphatic rings. The van der Waals surface area contributed by atoms with Gasteiger partial charge in [0.15, 0.2) is 0 Å². The molecule has 1 unspecified atom stereocenters. The maximum atomic E-state index is 4.41. The number of hydrogen-bond donors (Lipinski definition) is 1. The summed E-state index contributed by atoms with van der Waals surface area (Å²) in [5.41, 5.74) is 0. The minimum atomic E-state index is 0.843. The first-order valence-electron chi connectivity index (χ1n) is 6.35. The van der Waals surface area contributed by atoms with E-state index in [1.54, 1.807) is 0 Å². The highest BCUT2D eigenvalue weighted by Crippen LogP contribution is 2.16. The van der Waals surface area contributed by atoms with Crippen LogP contribution in [0.25, 0.3) is 0 Å². The van der Waals surface area contributed by atoms with Gasteiger partial charge in [0.05, 0.1) is 6.54 Å². The van der Waals surface area contributed by atoms with E-state index < -0.39 is 0 Å². The summed E-state index contributed by atoms with van der Waals surface area (Å²) in [6.45, 7) is 6.96. The molecular formula is C12H20N4. The lowest BCUT2D eigenvalue weighted by Crippen LogP contribution is -2.41. The fraction of sp³-hybridized carbons (Fsp3) is 0.750. The molecule has 0 amide bonds. The van der Waals surface area contributed by atoms with Gasteiger partial charge in [0.2, 0.25) is 0 Å². The van der Waals surface area contributed by atoms with Crippen molar-refractivity contribution in [1.29, 1.82) is 0 Å². The quantitative estimate of drug-likeness (QED) is 0.796. The van der Waals surface area contributed by atoms with Crippen molar-refractivity contribution < 1.29 is 0 Å². The summed E-state index contributed by atoms with van der Waals surface area (Å²) in [4.78, 5) is 6.96. The summed E-state index contributed by atoms with van der Waals surface area (Å²) in [6.07, 6.45) is 6.74. The van der Waals surface area contributed by atoms with Gasteiger partial charge in [-0.1, -0.05) is 0 Å². The van der Waals surface area contributed by atoms with E-state index >= 15 is 0 Å². The van der Waals surface area contributed by atoms with Crippen LogP contribution in [0.15, 0.2) is 12.4 Å². The Kier molecular flexibility index (Phi) is 2.93. The molecule has 1 aromatic heterocycles. The van der Waals surface area contributed by atoms with E-state index in [0.717, 1.165) is 19.0 Å². The highest BCUT2D eigenvalue weighted by atomic mass is 15.2. The Bertz CT molecular complexity index is 341. The zero-order chi connectivity index (χ0) is 10.8. The summed E-state index contributed by atoms with van der Waals surface area (Å²) in [6, 6.07) is 0. The fourth-order valence-electron chi connectivity index (χ4n) is 2.82. The Labute approximate surface area is 96.7 Å². The zero-order valence-corrected chi connectivity index (χ0v) is 9.73. The van der Waals surface area contributed by atoms with E-state index in [9.17, 15) is 0 Å². The third-order valence-electron chi connectivity index (χ3n) is 3.74. The van der Waals surface area contributed by atoms with E-state index in [1.807, 2.05) is 6.20 Å². The second kappa shape index (κ2) is 4.55. The first-order chi connectivity index (χ1) is 7.92. The molecule has 16 heavy (non-hydrogen) atoms. The van der Waals surface area contributed by atoms with Crippen LogP contribution in [0.1, 0.15) is 18.7 Å². The van der Waals surface area contributed by atoms with Crippen molar-refractivity contribution in [2.75, 3.05) is 26.2 Å². The predicted octanol–water partition coefficient (Wildman–Crippen LogP) is 0.698. The fourth-order valence-corrected chi connectivity index (χ4v) is 2.82. The maximum Gasteiger partial charge on any atom is 0.122 e. The standard InChI is InChI=1S/C12H20N4/c1-2-11(8-13-3-1)9-15-6-7-16-5-4-14-12(16)10-15/h4-5,11,13H,1-3,6-10H2. The van der Waals surface area contributed by atoms with E-state index in [0.29, 0.717) is 0 Å². The topological polar surface area (TPSA) is 33.1 Å². The maximum absolute atomic E-state index is 4.41. The average molecular weight is 220 g/mol. The number of hydrogen-bond acceptors (Lipinski definition) is 3. The largest absolute Gasteiger partial charge is 0.333 e. The minimum absolute atomic E-state index is 0.843. The normalized spacial score (nSPS) is 26.6. The van der Waals surface area contributed by atoms with Crippen LogP contribution in [0, 0.1) is 5.92 Å². The highest BCUT2D eigenvalue weighted by molar-refractivity contribution is 4.95. The molecule has 1 saturated heterocycles. The van der Waals surface area contributed by atoms with Crippen LogP contribution >= 0.6 is 0 Å². The van der Waals surface area contributed by atoms with E-state index in [2.05, 4.69) is 26.0 Å². The van der Waals surface area contributed by atoms with Crippen LogP contribution in [0.2, 0.25) is 0 Å². The molecule has 1 fully saturated rings. The summed E-state index contributed by atoms with van der Waals surface area (Å²) in [7, 11) is 0. The second-order valence-electron chi connectivity index (χ2n) is 4.98. The molecule has 3 rings (SSSR count). The van der Waals surface area contributed by atoms with Gasteiger partial charge in [-0.05, 0) is 31.8 Å². The van der Waals surface area contributed by atoms with Gasteiger partial charge in [-0.2, -0.15) is 0 Å². The Morgan fingerprint density at radius 1 is 1.44 bits per heavy atom. The van der Waals surface area contributed by atoms with Crippen molar-refractivity contribution >= 4 is 0 Å². The van der Waals surface area contributed by atoms with Crippen molar-refractivity contribution in [2.45, 2.75) is 25.9 Å². The monoisotopic (exact) mass is 220 g/mol. The molecule has 4 nitrogen and oxygen atoms in total. The Morgan fingerprint density at radius 3 is 3.31 bits per heavy atom. The molecule has 1 atom stereocenters. The molecule has 0 aliphatic carbocycles. The van der Waals surface area contributed by atoms with Crippen LogP contribution in [-0.4, -0.2) is 40.6 Å². The first kappa shape index (κ1) is 10.3. The predicted molar refractivity (Wildman–Crippen MR) is 63.1 cm³/mol. The Morgan fingerprint density at radius 2 is 2.44 bits per heavy atom. The number of piperidine rings is 1. The summed E-state index contributed by atoms with van der Waals surface area (Å²) in [5, 5.41) is 3.49. The second-order valence-corrected chi connectivity index (χ2v) is 4.98. The molecular weight excluding hydrogens is 200 g/mol. The molecule has 0 spiro atoms. The van der Waals surface area contributed by atoms with Gasteiger partial charge in [-0.25, -0.2) is 4.98 Å². The number of nitrogens with one attached hydrogen (secondary N) is 1. The molecule has 1 N–H and O–H groups in total. The van der Waals surface area contributed by atoms with Crippen LogP contribution in [0.3, 0.4) is 0 Å². The van der Waals surface area contributed by atoms with Crippen molar-refractivity contribution in [2.24, 2.45) is 5.92 Å². The van der Waals surface area contributed by atoms with Gasteiger partial charge in [0.1, 0.15) is 5.82 Å². The average Bonchev–Trinajstić information content (AvgIpc) is 2.77. The molecule has 0 radical (unpaired) electrons. The van der Waals surface area contributed by atoms with Crippen LogP contribution in [-0.2, 0) is 13.1 Å². The van der Waals surface area contributed by atoms with Gasteiger partial charge >= 0.3 is 0 Å². The molecule has 0 aromatic carbocycles. The van der Waals surface area contributed by atoms with Gasteiger partial charge in [-0.3, -0.25) is 4.90 Å². The molecule has 1 aromatic rings. The van der Waals surface area contributed by atoms with Crippen molar-refractivity contribution in [3.8, 4) is 0 Å². The van der Waals surface area contributed by atoms with E-state index in [4.69, 9.17) is 0 Å². The van der Waals surface area contributed by atoms with Gasteiger partial charge in [-0.15, -0.1) is 0 Å². The molecule has 2 aliphatic heterocycles. The van der Waals surface area contributed by atoms with Crippen molar-refractivity contribution in [3.63, 3.8) is 0 Å². The number of aromatic nitrogens is 2. The number of nitrogens with zero attached hydrogens (tertiary/aromatic N) is 3. The van der Waals surface area contributed by atoms with Crippen LogP contribution < -0.4 is 5.32 Å². The molecule has 0 saturated carbocycles. The van der Waals surface area contributed by atoms with Crippen molar-refractivity contribution in [1.82, 2.24) is 19.8 Å². The third kappa shape index (κ3) is 2.13. The zero-order valence-electron chi connectivity index (χ0n) is 9.73. The van der Waals surface area contributed by atoms with Crippen LogP contribution in [0.4, 0.5) is 0 Å². The lowest BCUT2D eigenvalue weighted by atomic mass is 9.99. The minimum Gasteiger partial charge on any atom is -0.333 e. The molecule has 0 bridgehead atoms. The third-order valence-corrected chi connectivity index (χ3v) is 3.74. The van der Waals surface area contributed by atoms with Crippen LogP contribution in [0.5, 0.6) is 0 Å². The Balaban J connectivity index is 1.57. The number of imidazole rings is 1. The lowest BCUT2D eigenvalue weighted by Gasteiger charge is -2.32. The number of fused-ring (bicyclic) bond motifs is 1. The SMILES string of the molecule is c1cn2c(n1)CN(CC1CCCNC1)CC2. The molecule has 4 heteroatoms. The summed E-state index contributed by atoms with van der Waals surface area (Å²) in [5.74, 6) is 2.07. The van der Waals surface area contributed by atoms with E-state index in [-0.39, 0.29) is 0 Å². The number of rotatable bonds is 2. The smallest absolute Gasteiger partial charge is 0.122 e. The highest BCUT2D eigenvalue weighted by Gasteiger charge is 2.21. The lowest BCUT2D eigenvalue weighted by molar-refractivity contribution is 0.170. The summed E-state index contributed by atoms with van der Waals surface area (Å²) < 4.78 is 2.27. The van der Waals surface area contributed by atoms with Gasteiger partial charge in [0.25, 0.3) is 0 Å². The van der Waals surface area contributed by atoms with Gasteiger partial charge in [0, 0.05) is 32.0 Å². The first-order valence-corrected chi connectivity index (χ1v) is 6.35. The molecule has 88 valence electrons. The molecule has 3 heterocycles. The van der Waals surface area contributed by atoms with Gasteiger partial charge < -0.3 is 9.88 Å². The Hall–Kier alpha value is -0.870. The summed E-state index contributed by atoms with van der Waals surface area (Å²) >= 11 is 0. The van der Waals surface area contributed by atoms with Crippen molar-refractivity contribution in [3.05, 3.63) is 18.2 Å². The van der Waals surface area contributed by atoms with E-state index in [1.165, 1.54) is 44.8 Å².